The molecule has 3 heterocycles. The second-order valence-electron chi connectivity index (χ2n) is 6.85. The smallest absolute Gasteiger partial charge is 0.182 e. The summed E-state index contributed by atoms with van der Waals surface area (Å²) < 4.78 is 0. The number of aromatic nitrogens is 4. The van der Waals surface area contributed by atoms with E-state index in [0.717, 1.165) is 62.8 Å². The van der Waals surface area contributed by atoms with Crippen molar-refractivity contribution in [2.75, 3.05) is 51.2 Å². The summed E-state index contributed by atoms with van der Waals surface area (Å²) in [5, 5.41) is 0. The zero-order valence-corrected chi connectivity index (χ0v) is 15.2. The number of imidazole rings is 1. The third-order valence-corrected chi connectivity index (χ3v) is 4.97. The van der Waals surface area contributed by atoms with E-state index in [1.54, 1.807) is 12.7 Å². The van der Waals surface area contributed by atoms with Crippen LogP contribution in [0.25, 0.3) is 11.2 Å². The van der Waals surface area contributed by atoms with Gasteiger partial charge in [0.2, 0.25) is 0 Å². The first-order valence-corrected chi connectivity index (χ1v) is 9.13. The number of aromatic amines is 1. The fourth-order valence-electron chi connectivity index (χ4n) is 3.46. The molecule has 26 heavy (non-hydrogen) atoms. The molecule has 7 nitrogen and oxygen atoms in total. The SMILES string of the molecule is CN(CCN1CCN(c2ncnc3nc[nH]c23)CC1)Cc1ccccc1. The molecule has 1 aliphatic rings. The van der Waals surface area contributed by atoms with E-state index in [1.807, 2.05) is 0 Å². The molecule has 0 saturated carbocycles. The van der Waals surface area contributed by atoms with Crippen molar-refractivity contribution in [3.8, 4) is 0 Å². The van der Waals surface area contributed by atoms with Gasteiger partial charge in [0.1, 0.15) is 11.8 Å². The second-order valence-corrected chi connectivity index (χ2v) is 6.85. The van der Waals surface area contributed by atoms with E-state index < -0.39 is 0 Å². The fraction of sp³-hybridized carbons (Fsp3) is 0.421. The van der Waals surface area contributed by atoms with Crippen molar-refractivity contribution in [1.82, 2.24) is 29.7 Å². The largest absolute Gasteiger partial charge is 0.352 e. The predicted molar refractivity (Wildman–Crippen MR) is 103 cm³/mol. The topological polar surface area (TPSA) is 64.2 Å². The quantitative estimate of drug-likeness (QED) is 0.728. The summed E-state index contributed by atoms with van der Waals surface area (Å²) in [6, 6.07) is 10.6. The lowest BCUT2D eigenvalue weighted by Gasteiger charge is -2.36. The molecule has 1 N–H and O–H groups in total. The summed E-state index contributed by atoms with van der Waals surface area (Å²) in [6.45, 7) is 7.24. The molecular weight excluding hydrogens is 326 g/mol. The van der Waals surface area contributed by atoms with Crippen molar-refractivity contribution in [3.63, 3.8) is 0 Å². The van der Waals surface area contributed by atoms with Crippen LogP contribution in [0.15, 0.2) is 43.0 Å². The molecule has 0 aliphatic carbocycles. The Morgan fingerprint density at radius 2 is 1.85 bits per heavy atom. The van der Waals surface area contributed by atoms with E-state index in [1.165, 1.54) is 5.56 Å². The average Bonchev–Trinajstić information content (AvgIpc) is 3.16. The summed E-state index contributed by atoms with van der Waals surface area (Å²) in [5.41, 5.74) is 3.04. The fourth-order valence-corrected chi connectivity index (χ4v) is 3.46. The first-order valence-electron chi connectivity index (χ1n) is 9.13. The van der Waals surface area contributed by atoms with Gasteiger partial charge in [-0.2, -0.15) is 0 Å². The van der Waals surface area contributed by atoms with E-state index in [9.17, 15) is 0 Å². The van der Waals surface area contributed by atoms with Gasteiger partial charge >= 0.3 is 0 Å². The van der Waals surface area contributed by atoms with Gasteiger partial charge < -0.3 is 14.8 Å². The number of anilines is 1. The minimum absolute atomic E-state index is 0.736. The third-order valence-electron chi connectivity index (χ3n) is 4.97. The molecule has 0 radical (unpaired) electrons. The number of hydrogen-bond acceptors (Lipinski definition) is 6. The van der Waals surface area contributed by atoms with Crippen LogP contribution in [0.5, 0.6) is 0 Å². The van der Waals surface area contributed by atoms with Crippen LogP contribution in [0.4, 0.5) is 5.82 Å². The average molecular weight is 351 g/mol. The number of piperazine rings is 1. The summed E-state index contributed by atoms with van der Waals surface area (Å²) >= 11 is 0. The van der Waals surface area contributed by atoms with Crippen molar-refractivity contribution in [1.29, 1.82) is 0 Å². The maximum absolute atomic E-state index is 4.47. The third kappa shape index (κ3) is 3.84. The van der Waals surface area contributed by atoms with Crippen molar-refractivity contribution in [3.05, 3.63) is 48.5 Å². The van der Waals surface area contributed by atoms with E-state index in [4.69, 9.17) is 0 Å². The van der Waals surface area contributed by atoms with Crippen LogP contribution in [0.2, 0.25) is 0 Å². The van der Waals surface area contributed by atoms with Gasteiger partial charge in [0.25, 0.3) is 0 Å². The molecule has 0 bridgehead atoms. The molecule has 2 aromatic heterocycles. The number of likely N-dealkylation sites (N-methyl/N-ethyl adjacent to an activating group) is 1. The highest BCUT2D eigenvalue weighted by molar-refractivity contribution is 5.82. The molecule has 0 atom stereocenters. The molecule has 0 amide bonds. The van der Waals surface area contributed by atoms with Crippen LogP contribution in [0, 0.1) is 0 Å². The molecule has 1 saturated heterocycles. The Morgan fingerprint density at radius 1 is 1.04 bits per heavy atom. The summed E-state index contributed by atoms with van der Waals surface area (Å²) in [4.78, 5) is 23.3. The van der Waals surface area contributed by atoms with Crippen LogP contribution >= 0.6 is 0 Å². The Kier molecular flexibility index (Phi) is 5.08. The molecule has 0 spiro atoms. The van der Waals surface area contributed by atoms with Crippen molar-refractivity contribution in [2.45, 2.75) is 6.54 Å². The number of benzene rings is 1. The van der Waals surface area contributed by atoms with Gasteiger partial charge in [-0.1, -0.05) is 30.3 Å². The number of rotatable bonds is 6. The van der Waals surface area contributed by atoms with Crippen LogP contribution < -0.4 is 4.90 Å². The van der Waals surface area contributed by atoms with Gasteiger partial charge in [-0.25, -0.2) is 15.0 Å². The number of fused-ring (bicyclic) bond motifs is 1. The number of hydrogen-bond donors (Lipinski definition) is 1. The van der Waals surface area contributed by atoms with Crippen molar-refractivity contribution in [2.24, 2.45) is 0 Å². The highest BCUT2D eigenvalue weighted by Crippen LogP contribution is 2.20. The number of H-pyrrole nitrogens is 1. The minimum Gasteiger partial charge on any atom is -0.352 e. The van der Waals surface area contributed by atoms with Gasteiger partial charge in [-0.3, -0.25) is 4.90 Å². The zero-order valence-electron chi connectivity index (χ0n) is 15.2. The number of nitrogens with one attached hydrogen (secondary N) is 1. The molecule has 4 rings (SSSR count). The van der Waals surface area contributed by atoms with Crippen LogP contribution in [-0.4, -0.2) is 76.1 Å². The Morgan fingerprint density at radius 3 is 2.65 bits per heavy atom. The van der Waals surface area contributed by atoms with Crippen LogP contribution in [-0.2, 0) is 6.54 Å². The zero-order chi connectivity index (χ0) is 17.8. The first-order chi connectivity index (χ1) is 12.8. The molecule has 3 aromatic rings. The van der Waals surface area contributed by atoms with Crippen LogP contribution in [0.3, 0.4) is 0 Å². The van der Waals surface area contributed by atoms with E-state index in [0.29, 0.717) is 0 Å². The standard InChI is InChI=1S/C19H25N7/c1-24(13-16-5-3-2-4-6-16)7-8-25-9-11-26(12-10-25)19-17-18(21-14-20-17)22-15-23-19/h2-6,14-15H,7-13H2,1H3,(H,20,21,22,23). The molecule has 1 fully saturated rings. The van der Waals surface area contributed by atoms with Gasteiger partial charge in [0, 0.05) is 45.8 Å². The maximum Gasteiger partial charge on any atom is 0.182 e. The Hall–Kier alpha value is -2.51. The summed E-state index contributed by atoms with van der Waals surface area (Å²) in [6.07, 6.45) is 3.28. The molecule has 1 aromatic carbocycles. The molecule has 1 aliphatic heterocycles. The highest BCUT2D eigenvalue weighted by Gasteiger charge is 2.20. The van der Waals surface area contributed by atoms with Crippen molar-refractivity contribution >= 4 is 17.0 Å². The van der Waals surface area contributed by atoms with E-state index >= 15 is 0 Å². The monoisotopic (exact) mass is 351 g/mol. The van der Waals surface area contributed by atoms with Gasteiger partial charge in [-0.15, -0.1) is 0 Å². The van der Waals surface area contributed by atoms with Gasteiger partial charge in [-0.05, 0) is 12.6 Å². The minimum atomic E-state index is 0.736. The second kappa shape index (κ2) is 7.80. The van der Waals surface area contributed by atoms with Crippen LogP contribution in [0.1, 0.15) is 5.56 Å². The molecule has 7 heteroatoms. The highest BCUT2D eigenvalue weighted by atomic mass is 15.3. The lowest BCUT2D eigenvalue weighted by molar-refractivity contribution is 0.212. The normalized spacial score (nSPS) is 15.8. The number of nitrogens with zero attached hydrogens (tertiary/aromatic N) is 6. The Labute approximate surface area is 153 Å². The first kappa shape index (κ1) is 16.9. The summed E-state index contributed by atoms with van der Waals surface area (Å²) in [7, 11) is 2.19. The summed E-state index contributed by atoms with van der Waals surface area (Å²) in [5.74, 6) is 0.966. The molecule has 0 unspecified atom stereocenters. The van der Waals surface area contributed by atoms with Gasteiger partial charge in [0.05, 0.1) is 6.33 Å². The molecular formula is C19H25N7. The lowest BCUT2D eigenvalue weighted by atomic mass is 10.2. The van der Waals surface area contributed by atoms with Crippen molar-refractivity contribution < 1.29 is 0 Å². The maximum atomic E-state index is 4.47. The molecule has 136 valence electrons. The Balaban J connectivity index is 1.27. The van der Waals surface area contributed by atoms with Gasteiger partial charge in [0.15, 0.2) is 11.5 Å². The lowest BCUT2D eigenvalue weighted by Crippen LogP contribution is -2.48. The van der Waals surface area contributed by atoms with E-state index in [-0.39, 0.29) is 0 Å². The van der Waals surface area contributed by atoms with E-state index in [2.05, 4.69) is 72.0 Å². The Bertz CT molecular complexity index is 824. The predicted octanol–water partition coefficient (Wildman–Crippen LogP) is 1.61.